The summed E-state index contributed by atoms with van der Waals surface area (Å²) in [4.78, 5) is 22.9. The first-order valence-corrected chi connectivity index (χ1v) is 6.01. The molecule has 0 aromatic heterocycles. The lowest BCUT2D eigenvalue weighted by molar-refractivity contribution is -0.121. The molecule has 1 saturated heterocycles. The number of carbonyl (C=O) groups is 2. The van der Waals surface area contributed by atoms with Gasteiger partial charge in [-0.05, 0) is 24.6 Å². The van der Waals surface area contributed by atoms with E-state index in [-0.39, 0.29) is 17.2 Å². The van der Waals surface area contributed by atoms with Crippen molar-refractivity contribution in [3.8, 4) is 0 Å². The number of nitrogens with two attached hydrogens (primary N) is 1. The highest BCUT2D eigenvalue weighted by atomic mass is 35.5. The molecule has 0 radical (unpaired) electrons. The number of halogens is 1. The van der Waals surface area contributed by atoms with Crippen molar-refractivity contribution in [3.63, 3.8) is 0 Å². The lowest BCUT2D eigenvalue weighted by atomic mass is 9.99. The minimum absolute atomic E-state index is 0.0757. The average Bonchev–Trinajstić information content (AvgIpc) is 2.79. The number of nitrogens with one attached hydrogen (secondary N) is 1. The van der Waals surface area contributed by atoms with Gasteiger partial charge in [-0.3, -0.25) is 4.79 Å². The second-order valence-electron chi connectivity index (χ2n) is 4.41. The molecule has 0 aliphatic carbocycles. The number of anilines is 1. The molecule has 0 bridgehead atoms. The first-order chi connectivity index (χ1) is 8.92. The lowest BCUT2D eigenvalue weighted by Gasteiger charge is -2.20. The van der Waals surface area contributed by atoms with Crippen molar-refractivity contribution in [2.24, 2.45) is 5.73 Å². The standard InChI is InChI=1S/C12H13ClN2O4/c13-9-2-1-7(5-8(9)10(16)17)15-11(18)12(14)3-4-19-6-12/h1-2,5H,3-4,6,14H2,(H,15,18)(H,16,17). The summed E-state index contributed by atoms with van der Waals surface area (Å²) in [6, 6.07) is 4.22. The van der Waals surface area contributed by atoms with Crippen LogP contribution in [-0.4, -0.2) is 35.7 Å². The zero-order valence-corrected chi connectivity index (χ0v) is 10.7. The van der Waals surface area contributed by atoms with Crippen molar-refractivity contribution in [2.45, 2.75) is 12.0 Å². The molecule has 6 nitrogen and oxygen atoms in total. The topological polar surface area (TPSA) is 102 Å². The molecule has 4 N–H and O–H groups in total. The molecule has 0 saturated carbocycles. The Hall–Kier alpha value is -1.63. The quantitative estimate of drug-likeness (QED) is 0.771. The maximum atomic E-state index is 12.0. The summed E-state index contributed by atoms with van der Waals surface area (Å²) in [5.74, 6) is -1.56. The fourth-order valence-corrected chi connectivity index (χ4v) is 1.98. The van der Waals surface area contributed by atoms with Crippen LogP contribution in [0.25, 0.3) is 0 Å². The lowest BCUT2D eigenvalue weighted by Crippen LogP contribution is -2.51. The van der Waals surface area contributed by atoms with E-state index < -0.39 is 17.4 Å². The van der Waals surface area contributed by atoms with Crippen LogP contribution >= 0.6 is 11.6 Å². The first-order valence-electron chi connectivity index (χ1n) is 5.63. The van der Waals surface area contributed by atoms with Crippen LogP contribution in [0.2, 0.25) is 5.02 Å². The number of hydrogen-bond acceptors (Lipinski definition) is 4. The van der Waals surface area contributed by atoms with E-state index in [0.29, 0.717) is 18.7 Å². The summed E-state index contributed by atoms with van der Waals surface area (Å²) in [5, 5.41) is 11.6. The van der Waals surface area contributed by atoms with Gasteiger partial charge in [0.05, 0.1) is 17.2 Å². The van der Waals surface area contributed by atoms with E-state index in [0.717, 1.165) is 0 Å². The molecule has 102 valence electrons. The Morgan fingerprint density at radius 3 is 2.79 bits per heavy atom. The van der Waals surface area contributed by atoms with Crippen LogP contribution in [0.15, 0.2) is 18.2 Å². The minimum atomic E-state index is -1.16. The number of hydrogen-bond donors (Lipinski definition) is 3. The van der Waals surface area contributed by atoms with Gasteiger partial charge >= 0.3 is 5.97 Å². The Bertz CT molecular complexity index is 526. The second-order valence-corrected chi connectivity index (χ2v) is 4.82. The zero-order chi connectivity index (χ0) is 14.0. The Morgan fingerprint density at radius 2 is 2.21 bits per heavy atom. The highest BCUT2D eigenvalue weighted by Crippen LogP contribution is 2.23. The average molecular weight is 285 g/mol. The fraction of sp³-hybridized carbons (Fsp3) is 0.333. The molecule has 1 amide bonds. The Labute approximate surface area is 114 Å². The Morgan fingerprint density at radius 1 is 1.47 bits per heavy atom. The highest BCUT2D eigenvalue weighted by molar-refractivity contribution is 6.33. The molecular weight excluding hydrogens is 272 g/mol. The number of ether oxygens (including phenoxy) is 1. The molecule has 1 atom stereocenters. The van der Waals surface area contributed by atoms with Crippen molar-refractivity contribution in [3.05, 3.63) is 28.8 Å². The molecule has 1 aromatic carbocycles. The summed E-state index contributed by atoms with van der Waals surface area (Å²) in [5.41, 5.74) is 5.09. The number of aromatic carboxylic acids is 1. The molecule has 1 unspecified atom stereocenters. The smallest absolute Gasteiger partial charge is 0.337 e. The van der Waals surface area contributed by atoms with Crippen LogP contribution in [0.3, 0.4) is 0 Å². The molecule has 1 aliphatic rings. The summed E-state index contributed by atoms with van der Waals surface area (Å²) >= 11 is 5.74. The zero-order valence-electron chi connectivity index (χ0n) is 9.98. The van der Waals surface area contributed by atoms with Gasteiger partial charge in [0.1, 0.15) is 5.54 Å². The van der Waals surface area contributed by atoms with E-state index in [2.05, 4.69) is 5.32 Å². The van der Waals surface area contributed by atoms with Gasteiger partial charge in [-0.25, -0.2) is 4.79 Å². The van der Waals surface area contributed by atoms with Crippen LogP contribution < -0.4 is 11.1 Å². The van der Waals surface area contributed by atoms with Crippen molar-refractivity contribution in [2.75, 3.05) is 18.5 Å². The Balaban J connectivity index is 2.17. The molecule has 1 aliphatic heterocycles. The van der Waals surface area contributed by atoms with E-state index in [9.17, 15) is 9.59 Å². The van der Waals surface area contributed by atoms with Gasteiger partial charge in [-0.15, -0.1) is 0 Å². The number of amides is 1. The van der Waals surface area contributed by atoms with Gasteiger partial charge in [0, 0.05) is 12.3 Å². The molecule has 1 aromatic rings. The van der Waals surface area contributed by atoms with Crippen LogP contribution in [-0.2, 0) is 9.53 Å². The van der Waals surface area contributed by atoms with Crippen molar-refractivity contribution in [1.29, 1.82) is 0 Å². The first kappa shape index (κ1) is 13.8. The number of carboxylic acids is 1. The van der Waals surface area contributed by atoms with E-state index in [4.69, 9.17) is 27.2 Å². The Kier molecular flexibility index (Phi) is 3.75. The monoisotopic (exact) mass is 284 g/mol. The molecule has 19 heavy (non-hydrogen) atoms. The summed E-state index contributed by atoms with van der Waals surface area (Å²) in [7, 11) is 0. The van der Waals surface area contributed by atoms with E-state index in [1.807, 2.05) is 0 Å². The van der Waals surface area contributed by atoms with Crippen molar-refractivity contribution in [1.82, 2.24) is 0 Å². The molecule has 2 rings (SSSR count). The van der Waals surface area contributed by atoms with Gasteiger partial charge in [-0.2, -0.15) is 0 Å². The number of rotatable bonds is 3. The van der Waals surface area contributed by atoms with Gasteiger partial charge in [-0.1, -0.05) is 11.6 Å². The van der Waals surface area contributed by atoms with Crippen LogP contribution in [0, 0.1) is 0 Å². The van der Waals surface area contributed by atoms with Crippen molar-refractivity contribution < 1.29 is 19.4 Å². The van der Waals surface area contributed by atoms with Gasteiger partial charge in [0.25, 0.3) is 0 Å². The maximum absolute atomic E-state index is 12.0. The molecule has 1 fully saturated rings. The van der Waals surface area contributed by atoms with Gasteiger partial charge in [0.15, 0.2) is 0 Å². The number of carbonyl (C=O) groups excluding carboxylic acids is 1. The number of benzene rings is 1. The third-order valence-corrected chi connectivity index (χ3v) is 3.29. The largest absolute Gasteiger partial charge is 0.478 e. The predicted octanol–water partition coefficient (Wildman–Crippen LogP) is 1.09. The fourth-order valence-electron chi connectivity index (χ4n) is 1.78. The van der Waals surface area contributed by atoms with Crippen molar-refractivity contribution >= 4 is 29.2 Å². The maximum Gasteiger partial charge on any atom is 0.337 e. The van der Waals surface area contributed by atoms with Crippen LogP contribution in [0.4, 0.5) is 5.69 Å². The summed E-state index contributed by atoms with van der Waals surface area (Å²) < 4.78 is 5.10. The normalized spacial score (nSPS) is 22.2. The molecule has 1 heterocycles. The van der Waals surface area contributed by atoms with E-state index >= 15 is 0 Å². The SMILES string of the molecule is NC1(C(=O)Nc2ccc(Cl)c(C(=O)O)c2)CCOC1. The summed E-state index contributed by atoms with van der Waals surface area (Å²) in [6.07, 6.45) is 0.429. The summed E-state index contributed by atoms with van der Waals surface area (Å²) in [6.45, 7) is 0.586. The highest BCUT2D eigenvalue weighted by Gasteiger charge is 2.38. The third-order valence-electron chi connectivity index (χ3n) is 2.96. The molecular formula is C12H13ClN2O4. The second kappa shape index (κ2) is 5.16. The van der Waals surface area contributed by atoms with Crippen LogP contribution in [0.1, 0.15) is 16.8 Å². The number of carboxylic acid groups (broad SMARTS) is 1. The van der Waals surface area contributed by atoms with E-state index in [1.54, 1.807) is 0 Å². The minimum Gasteiger partial charge on any atom is -0.478 e. The molecule has 0 spiro atoms. The van der Waals surface area contributed by atoms with Gasteiger partial charge < -0.3 is 20.9 Å². The predicted molar refractivity (Wildman–Crippen MR) is 69.4 cm³/mol. The van der Waals surface area contributed by atoms with Gasteiger partial charge in [0.2, 0.25) is 5.91 Å². The van der Waals surface area contributed by atoms with Crippen LogP contribution in [0.5, 0.6) is 0 Å². The van der Waals surface area contributed by atoms with E-state index in [1.165, 1.54) is 18.2 Å². The molecule has 7 heteroatoms. The third kappa shape index (κ3) is 2.86.